The van der Waals surface area contributed by atoms with Gasteiger partial charge in [-0.3, -0.25) is 4.90 Å². The van der Waals surface area contributed by atoms with Gasteiger partial charge in [0.2, 0.25) is 0 Å². The zero-order valence-corrected chi connectivity index (χ0v) is 27.4. The van der Waals surface area contributed by atoms with Crippen molar-refractivity contribution in [2.24, 2.45) is 0 Å². The molecule has 9 heteroatoms. The summed E-state index contributed by atoms with van der Waals surface area (Å²) < 4.78 is 24.6. The minimum absolute atomic E-state index is 0.0233. The molecule has 0 unspecified atom stereocenters. The lowest BCUT2D eigenvalue weighted by Crippen LogP contribution is -2.56. The fraction of sp³-hybridized carbons (Fsp3) is 0.562. The molecule has 0 aliphatic carbocycles. The van der Waals surface area contributed by atoms with Gasteiger partial charge >= 0.3 is 0 Å². The maximum atomic E-state index is 11.5. The van der Waals surface area contributed by atoms with Crippen LogP contribution in [0.4, 0.5) is 0 Å². The van der Waals surface area contributed by atoms with Crippen LogP contribution in [0.5, 0.6) is 28.7 Å². The van der Waals surface area contributed by atoms with Gasteiger partial charge in [-0.25, -0.2) is 0 Å². The van der Waals surface area contributed by atoms with Crippen molar-refractivity contribution < 1.29 is 28.8 Å². The lowest BCUT2D eigenvalue weighted by molar-refractivity contribution is 0.0311. The predicted octanol–water partition coefficient (Wildman–Crippen LogP) is 5.72. The molecule has 0 radical (unpaired) electrons. The third kappa shape index (κ3) is 4.30. The Labute approximate surface area is 245 Å². The van der Waals surface area contributed by atoms with Crippen LogP contribution in [0, 0.1) is 13.8 Å². The minimum Gasteiger partial charge on any atom is -0.543 e. The number of methoxy groups -OCH3 is 3. The standard InChI is InChI=1S/C32H46N2O6Si/c1-17-12-19-13-20-15-34-22(26(33(20)6)24(19)27(36)28(17)37-7)14-21-25(23(34)16-35)31(39-9)30(38-8)18(2)29(21)40-41(10,11)32(3,4)5/h12,14,20,23,26,35-36H,13,15-16H2,1-11H3/t20-,23-,26-/m0/s1. The highest BCUT2D eigenvalue weighted by Gasteiger charge is 2.49. The van der Waals surface area contributed by atoms with E-state index in [1.165, 1.54) is 0 Å². The van der Waals surface area contributed by atoms with Gasteiger partial charge in [0.05, 0.1) is 40.0 Å². The maximum absolute atomic E-state index is 11.5. The van der Waals surface area contributed by atoms with Crippen molar-refractivity contribution in [2.75, 3.05) is 41.5 Å². The second-order valence-electron chi connectivity index (χ2n) is 13.2. The molecule has 0 saturated carbocycles. The van der Waals surface area contributed by atoms with Crippen LogP contribution in [0.15, 0.2) is 11.8 Å². The normalized spacial score (nSPS) is 21.9. The average Bonchev–Trinajstić information content (AvgIpc) is 2.89. The largest absolute Gasteiger partial charge is 0.543 e. The third-order valence-electron chi connectivity index (χ3n) is 9.91. The number of phenols is 1. The lowest BCUT2D eigenvalue weighted by Gasteiger charge is -2.55. The first kappa shape index (κ1) is 29.6. The lowest BCUT2D eigenvalue weighted by atomic mass is 9.78. The third-order valence-corrected chi connectivity index (χ3v) is 14.2. The molecule has 3 aliphatic heterocycles. The van der Waals surface area contributed by atoms with Crippen LogP contribution in [0.25, 0.3) is 6.08 Å². The zero-order chi connectivity index (χ0) is 30.2. The number of aliphatic hydroxyl groups excluding tert-OH is 1. The van der Waals surface area contributed by atoms with Gasteiger partial charge in [-0.1, -0.05) is 26.8 Å². The Morgan fingerprint density at radius 2 is 1.61 bits per heavy atom. The summed E-state index contributed by atoms with van der Waals surface area (Å²) in [6.07, 6.45) is 2.99. The molecule has 0 spiro atoms. The van der Waals surface area contributed by atoms with E-state index in [9.17, 15) is 10.2 Å². The van der Waals surface area contributed by atoms with Crippen LogP contribution in [-0.2, 0) is 6.42 Å². The minimum atomic E-state index is -2.27. The molecule has 2 aromatic carbocycles. The highest BCUT2D eigenvalue weighted by atomic mass is 28.4. The van der Waals surface area contributed by atoms with Crippen molar-refractivity contribution in [3.05, 3.63) is 45.1 Å². The van der Waals surface area contributed by atoms with Crippen LogP contribution in [-0.4, -0.2) is 75.9 Å². The van der Waals surface area contributed by atoms with E-state index in [2.05, 4.69) is 62.9 Å². The van der Waals surface area contributed by atoms with Crippen molar-refractivity contribution in [1.29, 1.82) is 0 Å². The number of piperazine rings is 1. The summed E-state index contributed by atoms with van der Waals surface area (Å²) in [6, 6.07) is 1.77. The molecule has 1 saturated heterocycles. The number of benzene rings is 2. The van der Waals surface area contributed by atoms with Gasteiger partial charge in [0, 0.05) is 40.5 Å². The number of aromatic hydroxyl groups is 1. The Kier molecular flexibility index (Phi) is 7.32. The van der Waals surface area contributed by atoms with Crippen LogP contribution in [0.2, 0.25) is 18.1 Å². The second kappa shape index (κ2) is 10.1. The number of hydrogen-bond donors (Lipinski definition) is 2. The number of likely N-dealkylation sites (N-methyl/N-ethyl adjacent to an activating group) is 1. The number of hydrogen-bond acceptors (Lipinski definition) is 8. The highest BCUT2D eigenvalue weighted by molar-refractivity contribution is 6.74. The van der Waals surface area contributed by atoms with E-state index in [4.69, 9.17) is 18.6 Å². The van der Waals surface area contributed by atoms with Crippen molar-refractivity contribution in [3.8, 4) is 28.7 Å². The molecule has 2 N–H and O–H groups in total. The number of aryl methyl sites for hydroxylation is 1. The Balaban J connectivity index is 1.83. The summed E-state index contributed by atoms with van der Waals surface area (Å²) in [4.78, 5) is 4.64. The van der Waals surface area contributed by atoms with Crippen molar-refractivity contribution in [3.63, 3.8) is 0 Å². The van der Waals surface area contributed by atoms with E-state index < -0.39 is 8.32 Å². The van der Waals surface area contributed by atoms with Gasteiger partial charge in [-0.2, -0.15) is 0 Å². The monoisotopic (exact) mass is 582 g/mol. The smallest absolute Gasteiger partial charge is 0.250 e. The topological polar surface area (TPSA) is 83.9 Å². The molecule has 41 heavy (non-hydrogen) atoms. The zero-order valence-electron chi connectivity index (χ0n) is 26.4. The van der Waals surface area contributed by atoms with Crippen LogP contribution in [0.3, 0.4) is 0 Å². The fourth-order valence-corrected chi connectivity index (χ4v) is 7.80. The molecule has 0 aromatic heterocycles. The quantitative estimate of drug-likeness (QED) is 0.419. The number of fused-ring (bicyclic) bond motifs is 7. The molecule has 8 nitrogen and oxygen atoms in total. The average molecular weight is 583 g/mol. The summed E-state index contributed by atoms with van der Waals surface area (Å²) in [5.41, 5.74) is 6.62. The first-order chi connectivity index (χ1) is 19.2. The molecule has 5 rings (SSSR count). The first-order valence-corrected chi connectivity index (χ1v) is 17.3. The van der Waals surface area contributed by atoms with E-state index in [0.717, 1.165) is 57.8 Å². The van der Waals surface area contributed by atoms with Gasteiger partial charge in [-0.05, 0) is 62.7 Å². The summed E-state index contributed by atoms with van der Waals surface area (Å²) in [7, 11) is 4.76. The maximum Gasteiger partial charge on any atom is 0.250 e. The number of aliphatic hydroxyl groups is 1. The molecule has 3 heterocycles. The summed E-state index contributed by atoms with van der Waals surface area (Å²) in [6.45, 7) is 15.8. The van der Waals surface area contributed by atoms with Gasteiger partial charge in [0.25, 0.3) is 8.32 Å². The summed E-state index contributed by atoms with van der Waals surface area (Å²) in [5.74, 6) is 2.73. The molecule has 3 atom stereocenters. The van der Waals surface area contributed by atoms with Crippen molar-refractivity contribution in [2.45, 2.75) is 77.3 Å². The van der Waals surface area contributed by atoms with E-state index in [-0.39, 0.29) is 35.5 Å². The van der Waals surface area contributed by atoms with E-state index in [0.29, 0.717) is 17.2 Å². The van der Waals surface area contributed by atoms with E-state index in [1.807, 2.05) is 13.8 Å². The molecule has 2 bridgehead atoms. The Bertz CT molecular complexity index is 1410. The number of phenolic OH excluding ortho intramolecular Hbond substituents is 1. The van der Waals surface area contributed by atoms with Crippen molar-refractivity contribution >= 4 is 14.4 Å². The molecule has 224 valence electrons. The van der Waals surface area contributed by atoms with Crippen LogP contribution < -0.4 is 18.6 Å². The Hall–Kier alpha value is -2.88. The Morgan fingerprint density at radius 1 is 0.976 bits per heavy atom. The number of rotatable bonds is 6. The van der Waals surface area contributed by atoms with E-state index >= 15 is 0 Å². The van der Waals surface area contributed by atoms with E-state index in [1.54, 1.807) is 21.3 Å². The fourth-order valence-electron chi connectivity index (χ4n) is 6.72. The SMILES string of the molecule is COc1c(C)cc2c(c1O)[C@@H]1C3=Cc4c(O[Si](C)(C)C(C)(C)C)c(C)c(OC)c(OC)c4[C@H](CO)N3C[C@H](C2)N1C. The summed E-state index contributed by atoms with van der Waals surface area (Å²) in [5, 5.41) is 22.5. The molecule has 2 aromatic rings. The van der Waals surface area contributed by atoms with Crippen LogP contribution in [0.1, 0.15) is 66.2 Å². The van der Waals surface area contributed by atoms with Gasteiger partial charge in [0.1, 0.15) is 5.75 Å². The molecule has 1 fully saturated rings. The van der Waals surface area contributed by atoms with Crippen molar-refractivity contribution in [1.82, 2.24) is 9.80 Å². The highest BCUT2D eigenvalue weighted by Crippen LogP contribution is 2.57. The number of nitrogens with zero attached hydrogens (tertiary/aromatic N) is 2. The molecular formula is C32H46N2O6Si. The van der Waals surface area contributed by atoms with Gasteiger partial charge in [0.15, 0.2) is 23.0 Å². The first-order valence-electron chi connectivity index (χ1n) is 14.4. The molecule has 3 aliphatic rings. The molecule has 0 amide bonds. The Morgan fingerprint density at radius 3 is 2.17 bits per heavy atom. The summed E-state index contributed by atoms with van der Waals surface area (Å²) >= 11 is 0. The van der Waals surface area contributed by atoms with Gasteiger partial charge < -0.3 is 33.7 Å². The van der Waals surface area contributed by atoms with Crippen LogP contribution >= 0.6 is 0 Å². The number of ether oxygens (including phenoxy) is 3. The predicted molar refractivity (Wildman–Crippen MR) is 164 cm³/mol. The molecular weight excluding hydrogens is 536 g/mol. The van der Waals surface area contributed by atoms with Gasteiger partial charge in [-0.15, -0.1) is 0 Å². The second-order valence-corrected chi connectivity index (χ2v) is 17.9.